The number of imide groups is 1. The van der Waals surface area contributed by atoms with E-state index in [-0.39, 0.29) is 11.8 Å². The molecule has 0 aromatic carbocycles. The van der Waals surface area contributed by atoms with E-state index >= 15 is 0 Å². The average Bonchev–Trinajstić information content (AvgIpc) is 2.85. The summed E-state index contributed by atoms with van der Waals surface area (Å²) in [5.74, 6) is -0.324. The molecule has 0 radical (unpaired) electrons. The van der Waals surface area contributed by atoms with Gasteiger partial charge in [-0.3, -0.25) is 14.5 Å². The lowest BCUT2D eigenvalue weighted by Gasteiger charge is -2.15. The normalized spacial score (nSPS) is 14.6. The Morgan fingerprint density at radius 2 is 1.62 bits per heavy atom. The standard InChI is InChI=1S/C16H21BrN2O2/c1-4-5-9-18-11(2)13-14(12(18)3)16(21)19(15(13)20)10-7-6-8-17/h6-7H,4-5,8-10H2,1-3H3/b7-6+. The van der Waals surface area contributed by atoms with E-state index in [9.17, 15) is 9.59 Å². The molecule has 0 spiro atoms. The maximum atomic E-state index is 12.5. The SMILES string of the molecule is CCCCn1c(C)c2c(c1C)C(=O)N(C/C=C/CBr)C2=O. The number of carbonyl (C=O) groups excluding carboxylic acids is 2. The number of hydrogen-bond acceptors (Lipinski definition) is 2. The van der Waals surface area contributed by atoms with E-state index in [1.165, 1.54) is 4.90 Å². The number of halogens is 1. The number of hydrogen-bond donors (Lipinski definition) is 0. The van der Waals surface area contributed by atoms with Crippen molar-refractivity contribution in [2.75, 3.05) is 11.9 Å². The molecule has 2 amide bonds. The molecule has 0 fully saturated rings. The summed E-state index contributed by atoms with van der Waals surface area (Å²) in [5.41, 5.74) is 3.03. The fourth-order valence-corrected chi connectivity index (χ4v) is 3.09. The Hall–Kier alpha value is -1.36. The van der Waals surface area contributed by atoms with Crippen LogP contribution in [-0.2, 0) is 6.54 Å². The van der Waals surface area contributed by atoms with E-state index in [0.717, 1.165) is 36.1 Å². The van der Waals surface area contributed by atoms with Crippen LogP contribution < -0.4 is 0 Å². The molecule has 1 aromatic heterocycles. The molecule has 2 heterocycles. The molecule has 21 heavy (non-hydrogen) atoms. The summed E-state index contributed by atoms with van der Waals surface area (Å²) in [4.78, 5) is 26.3. The third-order valence-corrected chi connectivity index (χ3v) is 4.35. The zero-order valence-electron chi connectivity index (χ0n) is 12.8. The molecule has 5 heteroatoms. The van der Waals surface area contributed by atoms with Crippen molar-refractivity contribution in [2.45, 2.75) is 40.2 Å². The van der Waals surface area contributed by atoms with Gasteiger partial charge in [0.15, 0.2) is 0 Å². The topological polar surface area (TPSA) is 42.3 Å². The van der Waals surface area contributed by atoms with Crippen LogP contribution in [0.15, 0.2) is 12.2 Å². The first-order chi connectivity index (χ1) is 10.0. The van der Waals surface area contributed by atoms with Crippen molar-refractivity contribution < 1.29 is 9.59 Å². The van der Waals surface area contributed by atoms with Gasteiger partial charge in [-0.05, 0) is 20.3 Å². The second-order valence-electron chi connectivity index (χ2n) is 5.27. The van der Waals surface area contributed by atoms with Gasteiger partial charge in [0, 0.05) is 29.8 Å². The molecule has 4 nitrogen and oxygen atoms in total. The highest BCUT2D eigenvalue weighted by Crippen LogP contribution is 2.31. The Morgan fingerprint density at radius 3 is 2.10 bits per heavy atom. The van der Waals surface area contributed by atoms with Crippen LogP contribution in [0.2, 0.25) is 0 Å². The number of alkyl halides is 1. The number of nitrogens with zero attached hydrogens (tertiary/aromatic N) is 2. The maximum absolute atomic E-state index is 12.5. The van der Waals surface area contributed by atoms with Gasteiger partial charge in [-0.2, -0.15) is 0 Å². The van der Waals surface area contributed by atoms with Gasteiger partial charge in [-0.1, -0.05) is 41.4 Å². The van der Waals surface area contributed by atoms with Crippen LogP contribution in [0, 0.1) is 13.8 Å². The number of rotatable bonds is 6. The zero-order chi connectivity index (χ0) is 15.6. The number of allylic oxidation sites excluding steroid dienone is 1. The van der Waals surface area contributed by atoms with E-state index in [4.69, 9.17) is 0 Å². The Labute approximate surface area is 133 Å². The average molecular weight is 353 g/mol. The van der Waals surface area contributed by atoms with E-state index in [1.54, 1.807) is 0 Å². The zero-order valence-corrected chi connectivity index (χ0v) is 14.4. The molecule has 114 valence electrons. The summed E-state index contributed by atoms with van der Waals surface area (Å²) >= 11 is 3.29. The highest BCUT2D eigenvalue weighted by molar-refractivity contribution is 9.09. The first-order valence-corrected chi connectivity index (χ1v) is 8.43. The number of fused-ring (bicyclic) bond motifs is 1. The molecular formula is C16H21BrN2O2. The fraction of sp³-hybridized carbons (Fsp3) is 0.500. The molecule has 0 unspecified atom stereocenters. The second-order valence-corrected chi connectivity index (χ2v) is 5.92. The van der Waals surface area contributed by atoms with Crippen molar-refractivity contribution in [3.8, 4) is 0 Å². The van der Waals surface area contributed by atoms with Crippen molar-refractivity contribution in [3.63, 3.8) is 0 Å². The third-order valence-electron chi connectivity index (χ3n) is 3.98. The monoisotopic (exact) mass is 352 g/mol. The van der Waals surface area contributed by atoms with Crippen LogP contribution in [0.1, 0.15) is 51.9 Å². The minimum Gasteiger partial charge on any atom is -0.348 e. The van der Waals surface area contributed by atoms with Crippen LogP contribution in [-0.4, -0.2) is 33.2 Å². The smallest absolute Gasteiger partial charge is 0.263 e. The van der Waals surface area contributed by atoms with Crippen molar-refractivity contribution >= 4 is 27.7 Å². The number of carbonyl (C=O) groups is 2. The van der Waals surface area contributed by atoms with Gasteiger partial charge in [-0.15, -0.1) is 0 Å². The van der Waals surface area contributed by atoms with Crippen molar-refractivity contribution in [2.24, 2.45) is 0 Å². The highest BCUT2D eigenvalue weighted by atomic mass is 79.9. The summed E-state index contributed by atoms with van der Waals surface area (Å²) in [5, 5.41) is 0.720. The van der Waals surface area contributed by atoms with Gasteiger partial charge in [0.25, 0.3) is 11.8 Å². The number of unbranched alkanes of at least 4 members (excludes halogenated alkanes) is 1. The minimum absolute atomic E-state index is 0.162. The molecule has 0 aliphatic carbocycles. The molecule has 0 atom stereocenters. The molecule has 1 aliphatic heterocycles. The Bertz CT molecular complexity index is 562. The Kier molecular flexibility index (Phi) is 5.04. The molecule has 0 N–H and O–H groups in total. The van der Waals surface area contributed by atoms with Gasteiger partial charge < -0.3 is 4.57 Å². The summed E-state index contributed by atoms with van der Waals surface area (Å²) < 4.78 is 2.11. The first kappa shape index (κ1) is 16.0. The van der Waals surface area contributed by atoms with Crippen LogP contribution in [0.3, 0.4) is 0 Å². The van der Waals surface area contributed by atoms with E-state index in [2.05, 4.69) is 27.4 Å². The van der Waals surface area contributed by atoms with Crippen molar-refractivity contribution in [3.05, 3.63) is 34.7 Å². The molecule has 1 aliphatic rings. The lowest BCUT2D eigenvalue weighted by atomic mass is 10.1. The van der Waals surface area contributed by atoms with Gasteiger partial charge in [0.05, 0.1) is 11.1 Å². The summed E-state index contributed by atoms with van der Waals surface area (Å²) in [7, 11) is 0. The molecule has 1 aromatic rings. The van der Waals surface area contributed by atoms with Crippen molar-refractivity contribution in [1.29, 1.82) is 0 Å². The van der Waals surface area contributed by atoms with Gasteiger partial charge >= 0.3 is 0 Å². The second kappa shape index (κ2) is 6.60. The lowest BCUT2D eigenvalue weighted by molar-refractivity contribution is 0.0670. The van der Waals surface area contributed by atoms with E-state index in [0.29, 0.717) is 17.7 Å². The van der Waals surface area contributed by atoms with Gasteiger partial charge in [0.1, 0.15) is 0 Å². The molecule has 2 rings (SSSR count). The predicted molar refractivity (Wildman–Crippen MR) is 87.1 cm³/mol. The molecular weight excluding hydrogens is 332 g/mol. The summed E-state index contributed by atoms with van der Waals surface area (Å²) in [6.45, 7) is 7.21. The molecule has 0 saturated carbocycles. The first-order valence-electron chi connectivity index (χ1n) is 7.31. The quantitative estimate of drug-likeness (QED) is 0.447. The van der Waals surface area contributed by atoms with Crippen LogP contribution in [0.4, 0.5) is 0 Å². The fourth-order valence-electron chi connectivity index (χ4n) is 2.83. The van der Waals surface area contributed by atoms with Crippen LogP contribution in [0.25, 0.3) is 0 Å². The Morgan fingerprint density at radius 1 is 1.05 bits per heavy atom. The van der Waals surface area contributed by atoms with Crippen LogP contribution in [0.5, 0.6) is 0 Å². The minimum atomic E-state index is -0.162. The summed E-state index contributed by atoms with van der Waals surface area (Å²) in [6, 6.07) is 0. The summed E-state index contributed by atoms with van der Waals surface area (Å²) in [6.07, 6.45) is 5.87. The van der Waals surface area contributed by atoms with E-state index < -0.39 is 0 Å². The molecule has 0 saturated heterocycles. The van der Waals surface area contributed by atoms with Crippen LogP contribution >= 0.6 is 15.9 Å². The predicted octanol–water partition coefficient (Wildman–Crippen LogP) is 3.45. The highest BCUT2D eigenvalue weighted by Gasteiger charge is 2.40. The largest absolute Gasteiger partial charge is 0.348 e. The third kappa shape index (κ3) is 2.71. The van der Waals surface area contributed by atoms with Crippen molar-refractivity contribution in [1.82, 2.24) is 9.47 Å². The number of amides is 2. The maximum Gasteiger partial charge on any atom is 0.263 e. The Balaban J connectivity index is 2.34. The van der Waals surface area contributed by atoms with Gasteiger partial charge in [-0.25, -0.2) is 0 Å². The van der Waals surface area contributed by atoms with Gasteiger partial charge in [0.2, 0.25) is 0 Å². The van der Waals surface area contributed by atoms with E-state index in [1.807, 2.05) is 26.0 Å². The number of aromatic nitrogens is 1. The molecule has 0 bridgehead atoms. The lowest BCUT2D eigenvalue weighted by Crippen LogP contribution is -2.31.